The number of hydrogen-bond donors (Lipinski definition) is 2. The largest absolute Gasteiger partial charge is 0.491 e. The van der Waals surface area contributed by atoms with Gasteiger partial charge in [-0.05, 0) is 78.6 Å². The number of carboxylic acids is 1. The number of aromatic carboxylic acids is 1. The minimum absolute atomic E-state index is 0.0770. The van der Waals surface area contributed by atoms with E-state index >= 15 is 0 Å². The number of rotatable bonds is 9. The topological polar surface area (TPSA) is 113 Å². The van der Waals surface area contributed by atoms with Crippen LogP contribution in [-0.2, 0) is 21.2 Å². The number of benzene rings is 4. The summed E-state index contributed by atoms with van der Waals surface area (Å²) in [5, 5.41) is 12.0. The van der Waals surface area contributed by atoms with E-state index in [1.54, 1.807) is 38.1 Å². The smallest absolute Gasteiger partial charge is 0.335 e. The molecule has 0 spiro atoms. The molecule has 2 N–H and O–H groups in total. The lowest BCUT2D eigenvalue weighted by molar-refractivity contribution is -0.122. The Morgan fingerprint density at radius 2 is 1.65 bits per heavy atom. The van der Waals surface area contributed by atoms with Crippen LogP contribution in [-0.4, -0.2) is 44.6 Å². The molecule has 222 valence electrons. The Balaban J connectivity index is 1.33. The van der Waals surface area contributed by atoms with E-state index in [1.807, 2.05) is 0 Å². The molecule has 11 heteroatoms. The molecule has 0 aromatic heterocycles. The number of halogens is 2. The van der Waals surface area contributed by atoms with Crippen molar-refractivity contribution in [3.63, 3.8) is 0 Å². The highest BCUT2D eigenvalue weighted by atomic mass is 32.2. The van der Waals surface area contributed by atoms with Gasteiger partial charge in [0.05, 0.1) is 22.7 Å². The number of carbonyl (C=O) groups excluding carboxylic acids is 1. The number of ether oxygens (including phenoxy) is 1. The maximum atomic E-state index is 14.3. The number of hydrogen-bond acceptors (Lipinski definition) is 5. The van der Waals surface area contributed by atoms with Crippen LogP contribution in [0.1, 0.15) is 27.0 Å². The fraction of sp³-hybridized carbons (Fsp3) is 0.188. The third-order valence-corrected chi connectivity index (χ3v) is 9.07. The Morgan fingerprint density at radius 1 is 0.977 bits per heavy atom. The van der Waals surface area contributed by atoms with E-state index < -0.39 is 39.6 Å². The van der Waals surface area contributed by atoms with Crippen molar-refractivity contribution >= 4 is 27.6 Å². The number of sulfonamides is 1. The van der Waals surface area contributed by atoms with Gasteiger partial charge < -0.3 is 15.2 Å². The molecule has 1 heterocycles. The molecule has 4 aromatic rings. The lowest BCUT2D eigenvalue weighted by Gasteiger charge is -2.26. The first kappa shape index (κ1) is 29.7. The third-order valence-electron chi connectivity index (χ3n) is 7.24. The van der Waals surface area contributed by atoms with Gasteiger partial charge in [-0.1, -0.05) is 30.3 Å². The van der Waals surface area contributed by atoms with Gasteiger partial charge in [0, 0.05) is 18.1 Å². The number of aryl methyl sites for hydroxylation is 2. The van der Waals surface area contributed by atoms with E-state index in [1.165, 1.54) is 42.5 Å². The lowest BCUT2D eigenvalue weighted by Crippen LogP contribution is -2.48. The highest BCUT2D eigenvalue weighted by Gasteiger charge is 2.42. The number of anilines is 1. The summed E-state index contributed by atoms with van der Waals surface area (Å²) in [5.74, 6) is -2.53. The normalized spacial score (nSPS) is 14.3. The number of fused-ring (bicyclic) bond motifs is 1. The van der Waals surface area contributed by atoms with Gasteiger partial charge >= 0.3 is 5.97 Å². The van der Waals surface area contributed by atoms with Crippen molar-refractivity contribution in [2.45, 2.75) is 31.2 Å². The first-order valence-electron chi connectivity index (χ1n) is 13.4. The summed E-state index contributed by atoms with van der Waals surface area (Å²) in [4.78, 5) is 24.6. The Kier molecular flexibility index (Phi) is 8.19. The first-order chi connectivity index (χ1) is 20.5. The minimum atomic E-state index is -4.22. The summed E-state index contributed by atoms with van der Waals surface area (Å²) in [6.07, 6.45) is 0.163. The number of carbonyl (C=O) groups is 2. The van der Waals surface area contributed by atoms with Crippen LogP contribution in [0.15, 0.2) is 83.8 Å². The SMILES string of the molecule is Cc1cc(C(=O)O)cc(C)c1OCCNC(=O)[C@@H]1Cc2ccccc2N1S(=O)(=O)c1ccc(-c2ccc(F)cc2F)cc1. The molecular weight excluding hydrogens is 578 g/mol. The van der Waals surface area contributed by atoms with Crippen LogP contribution in [0.5, 0.6) is 5.75 Å². The van der Waals surface area contributed by atoms with Crippen molar-refractivity contribution in [3.05, 3.63) is 113 Å². The van der Waals surface area contributed by atoms with E-state index in [-0.39, 0.29) is 35.6 Å². The summed E-state index contributed by atoms with van der Waals surface area (Å²) in [5.41, 5.74) is 3.00. The van der Waals surface area contributed by atoms with Crippen LogP contribution < -0.4 is 14.4 Å². The molecule has 43 heavy (non-hydrogen) atoms. The van der Waals surface area contributed by atoms with E-state index in [0.29, 0.717) is 33.7 Å². The third kappa shape index (κ3) is 5.94. The zero-order valence-electron chi connectivity index (χ0n) is 23.3. The van der Waals surface area contributed by atoms with Gasteiger partial charge in [0.2, 0.25) is 5.91 Å². The fourth-order valence-corrected chi connectivity index (χ4v) is 6.89. The monoisotopic (exact) mass is 606 g/mol. The predicted molar refractivity (Wildman–Crippen MR) is 157 cm³/mol. The second-order valence-corrected chi connectivity index (χ2v) is 12.0. The van der Waals surface area contributed by atoms with Gasteiger partial charge in [0.1, 0.15) is 30.0 Å². The summed E-state index contributed by atoms with van der Waals surface area (Å²) in [6.45, 7) is 3.62. The van der Waals surface area contributed by atoms with Crippen LogP contribution >= 0.6 is 0 Å². The standard InChI is InChI=1S/C32H28F2N2O6S/c1-19-15-23(32(38)39)16-20(2)30(19)42-14-13-35-31(37)29-17-22-5-3-4-6-28(22)36(29)43(40,41)25-10-7-21(8-11-25)26-12-9-24(33)18-27(26)34/h3-12,15-16,18,29H,13-14,17H2,1-2H3,(H,35,37)(H,38,39)/t29-/m0/s1. The highest BCUT2D eigenvalue weighted by Crippen LogP contribution is 2.37. The zero-order chi connectivity index (χ0) is 30.9. The molecule has 0 unspecified atom stereocenters. The second-order valence-electron chi connectivity index (χ2n) is 10.2. The van der Waals surface area contributed by atoms with Crippen LogP contribution in [0.2, 0.25) is 0 Å². The Bertz CT molecular complexity index is 1800. The zero-order valence-corrected chi connectivity index (χ0v) is 24.1. The lowest BCUT2D eigenvalue weighted by atomic mass is 10.1. The Labute approximate surface area is 247 Å². The molecule has 0 fully saturated rings. The van der Waals surface area contributed by atoms with Crippen LogP contribution in [0.25, 0.3) is 11.1 Å². The van der Waals surface area contributed by atoms with E-state index in [9.17, 15) is 31.9 Å². The molecule has 0 bridgehead atoms. The molecule has 1 aliphatic heterocycles. The quantitative estimate of drug-likeness (QED) is 0.251. The minimum Gasteiger partial charge on any atom is -0.491 e. The molecule has 0 radical (unpaired) electrons. The average molecular weight is 607 g/mol. The fourth-order valence-electron chi connectivity index (χ4n) is 5.24. The number of amides is 1. The first-order valence-corrected chi connectivity index (χ1v) is 14.8. The molecule has 0 saturated heterocycles. The van der Waals surface area contributed by atoms with Crippen LogP contribution in [0.4, 0.5) is 14.5 Å². The molecule has 1 aliphatic rings. The van der Waals surface area contributed by atoms with Gasteiger partial charge in [-0.3, -0.25) is 9.10 Å². The van der Waals surface area contributed by atoms with Crippen LogP contribution in [0, 0.1) is 25.5 Å². The second kappa shape index (κ2) is 11.8. The Hall–Kier alpha value is -4.77. The summed E-state index contributed by atoms with van der Waals surface area (Å²) in [6, 6.07) is 17.5. The van der Waals surface area contributed by atoms with Crippen molar-refractivity contribution < 1.29 is 36.6 Å². The van der Waals surface area contributed by atoms with E-state index in [2.05, 4.69) is 5.32 Å². The molecule has 0 aliphatic carbocycles. The average Bonchev–Trinajstić information content (AvgIpc) is 3.37. The van der Waals surface area contributed by atoms with E-state index in [0.717, 1.165) is 16.4 Å². The number of nitrogens with one attached hydrogen (secondary N) is 1. The Morgan fingerprint density at radius 3 is 2.30 bits per heavy atom. The van der Waals surface area contributed by atoms with Crippen LogP contribution in [0.3, 0.4) is 0 Å². The molecule has 1 amide bonds. The molecular formula is C32H28F2N2O6S. The van der Waals surface area contributed by atoms with Crippen molar-refractivity contribution in [1.82, 2.24) is 5.32 Å². The van der Waals surface area contributed by atoms with Crippen molar-refractivity contribution in [2.75, 3.05) is 17.5 Å². The number of para-hydroxylation sites is 1. The summed E-state index contributed by atoms with van der Waals surface area (Å²) in [7, 11) is -4.22. The maximum Gasteiger partial charge on any atom is 0.335 e. The predicted octanol–water partition coefficient (Wildman–Crippen LogP) is 5.26. The van der Waals surface area contributed by atoms with Gasteiger partial charge in [0.25, 0.3) is 10.0 Å². The summed E-state index contributed by atoms with van der Waals surface area (Å²) < 4.78 is 62.3. The molecule has 4 aromatic carbocycles. The molecule has 5 rings (SSSR count). The maximum absolute atomic E-state index is 14.3. The number of carboxylic acid groups (broad SMARTS) is 1. The van der Waals surface area contributed by atoms with Gasteiger partial charge in [-0.2, -0.15) is 0 Å². The molecule has 0 saturated carbocycles. The van der Waals surface area contributed by atoms with E-state index in [4.69, 9.17) is 4.74 Å². The van der Waals surface area contributed by atoms with Crippen molar-refractivity contribution in [2.24, 2.45) is 0 Å². The summed E-state index contributed by atoms with van der Waals surface area (Å²) >= 11 is 0. The van der Waals surface area contributed by atoms with Crippen molar-refractivity contribution in [1.29, 1.82) is 0 Å². The molecule has 1 atom stereocenters. The highest BCUT2D eigenvalue weighted by molar-refractivity contribution is 7.93. The van der Waals surface area contributed by atoms with Crippen molar-refractivity contribution in [3.8, 4) is 16.9 Å². The number of nitrogens with zero attached hydrogens (tertiary/aromatic N) is 1. The van der Waals surface area contributed by atoms with Gasteiger partial charge in [-0.15, -0.1) is 0 Å². The van der Waals surface area contributed by atoms with Gasteiger partial charge in [0.15, 0.2) is 0 Å². The molecule has 8 nitrogen and oxygen atoms in total. The van der Waals surface area contributed by atoms with Gasteiger partial charge in [-0.25, -0.2) is 22.0 Å².